The van der Waals surface area contributed by atoms with E-state index >= 15 is 0 Å². The van der Waals surface area contributed by atoms with Crippen LogP contribution in [-0.2, 0) is 5.41 Å². The van der Waals surface area contributed by atoms with Crippen LogP contribution < -0.4 is 0 Å². The summed E-state index contributed by atoms with van der Waals surface area (Å²) in [6.07, 6.45) is 5.78. The molecule has 2 aliphatic carbocycles. The lowest BCUT2D eigenvalue weighted by molar-refractivity contribution is 0.0720. The molecule has 4 aromatic heterocycles. The lowest BCUT2D eigenvalue weighted by Crippen LogP contribution is -2.43. The van der Waals surface area contributed by atoms with Gasteiger partial charge in [0.05, 0.1) is 44.5 Å². The third-order valence-electron chi connectivity index (χ3n) is 16.8. The molecule has 13 aromatic rings. The highest BCUT2D eigenvalue weighted by atomic mass is 15.1. The number of fused-ring (bicyclic) bond motifs is 11. The summed E-state index contributed by atoms with van der Waals surface area (Å²) in [4.78, 5) is 17.4. The molecule has 74 heavy (non-hydrogen) atoms. The molecule has 0 spiro atoms. The first kappa shape index (κ1) is 43.0. The zero-order valence-electron chi connectivity index (χ0n) is 41.7. The summed E-state index contributed by atoms with van der Waals surface area (Å²) in [6.45, 7) is 4.91. The summed E-state index contributed by atoms with van der Waals surface area (Å²) in [5, 5.41) is 7.31. The van der Waals surface area contributed by atoms with Crippen molar-refractivity contribution in [1.29, 1.82) is 0 Å². The van der Waals surface area contributed by atoms with Crippen LogP contribution >= 0.6 is 0 Å². The minimum Gasteiger partial charge on any atom is -0.309 e. The van der Waals surface area contributed by atoms with Crippen LogP contribution in [0.25, 0.3) is 116 Å². The second kappa shape index (κ2) is 16.7. The minimum atomic E-state index is -0.172. The Morgan fingerprint density at radius 1 is 0.378 bits per heavy atom. The fourth-order valence-electron chi connectivity index (χ4n) is 14.2. The maximum absolute atomic E-state index is 5.88. The third kappa shape index (κ3) is 6.60. The van der Waals surface area contributed by atoms with E-state index in [0.717, 1.165) is 92.0 Å². The second-order valence-corrected chi connectivity index (χ2v) is 21.6. The molecule has 0 aliphatic heterocycles. The van der Waals surface area contributed by atoms with E-state index in [2.05, 4.69) is 240 Å². The molecule has 2 fully saturated rings. The largest absolute Gasteiger partial charge is 0.309 e. The van der Waals surface area contributed by atoms with Gasteiger partial charge in [0, 0.05) is 60.1 Å². The lowest BCUT2D eigenvalue weighted by atomic mass is 9.56. The molecule has 6 nitrogen and oxygen atoms in total. The van der Waals surface area contributed by atoms with Crippen LogP contribution in [0.4, 0.5) is 0 Å². The van der Waals surface area contributed by atoms with Crippen molar-refractivity contribution in [2.45, 2.75) is 51.4 Å². The second-order valence-electron chi connectivity index (χ2n) is 21.6. The molecule has 2 unspecified atom stereocenters. The van der Waals surface area contributed by atoms with Crippen LogP contribution in [0.3, 0.4) is 0 Å². The number of nitrogens with zero attached hydrogens (tertiary/aromatic N) is 6. The molecule has 15 rings (SSSR count). The van der Waals surface area contributed by atoms with Gasteiger partial charge in [0.25, 0.3) is 0 Å². The van der Waals surface area contributed by atoms with Gasteiger partial charge in [0.15, 0.2) is 11.6 Å². The van der Waals surface area contributed by atoms with Crippen LogP contribution in [0.2, 0.25) is 0 Å². The zero-order valence-corrected chi connectivity index (χ0v) is 41.7. The molecule has 4 atom stereocenters. The Balaban J connectivity index is 1.05. The van der Waals surface area contributed by atoms with E-state index in [4.69, 9.17) is 15.0 Å². The third-order valence-corrected chi connectivity index (χ3v) is 16.8. The normalized spacial score (nSPS) is 18.9. The molecule has 2 saturated carbocycles. The Morgan fingerprint density at radius 3 is 1.49 bits per heavy atom. The van der Waals surface area contributed by atoms with Gasteiger partial charge in [-0.1, -0.05) is 159 Å². The summed E-state index contributed by atoms with van der Waals surface area (Å²) >= 11 is 0. The highest BCUT2D eigenvalue weighted by Crippen LogP contribution is 2.54. The van der Waals surface area contributed by atoms with E-state index in [1.54, 1.807) is 0 Å². The Bertz CT molecular complexity index is 4280. The molecule has 0 N–H and O–H groups in total. The van der Waals surface area contributed by atoms with Crippen LogP contribution in [0.1, 0.15) is 51.8 Å². The number of aromatic nitrogens is 6. The predicted molar refractivity (Wildman–Crippen MR) is 306 cm³/mol. The Hall–Kier alpha value is -8.61. The van der Waals surface area contributed by atoms with Crippen molar-refractivity contribution in [3.05, 3.63) is 218 Å². The monoisotopic (exact) mass is 954 g/mol. The van der Waals surface area contributed by atoms with Gasteiger partial charge in [-0.2, -0.15) is 0 Å². The molecule has 6 heteroatoms. The Labute approximate surface area is 430 Å². The molecule has 356 valence electrons. The van der Waals surface area contributed by atoms with Crippen molar-refractivity contribution >= 4 is 65.4 Å². The first-order valence-electron chi connectivity index (χ1n) is 26.5. The van der Waals surface area contributed by atoms with Gasteiger partial charge in [-0.3, -0.25) is 0 Å². The van der Waals surface area contributed by atoms with Crippen LogP contribution in [0.5, 0.6) is 0 Å². The molecule has 2 bridgehead atoms. The van der Waals surface area contributed by atoms with E-state index in [1.807, 2.05) is 0 Å². The average Bonchev–Trinajstić information content (AvgIpc) is 4.09. The minimum absolute atomic E-state index is 0.172. The highest BCUT2D eigenvalue weighted by Gasteiger charge is 2.48. The smallest absolute Gasteiger partial charge is 0.165 e. The van der Waals surface area contributed by atoms with Crippen LogP contribution in [0, 0.1) is 17.8 Å². The first-order valence-corrected chi connectivity index (χ1v) is 26.5. The van der Waals surface area contributed by atoms with Crippen molar-refractivity contribution in [2.75, 3.05) is 0 Å². The van der Waals surface area contributed by atoms with Crippen LogP contribution in [0.15, 0.2) is 212 Å². The topological polar surface area (TPSA) is 53.5 Å². The fraction of sp³-hybridized carbons (Fsp3) is 0.162. The first-order chi connectivity index (χ1) is 36.5. The van der Waals surface area contributed by atoms with E-state index < -0.39 is 0 Å². The van der Waals surface area contributed by atoms with Gasteiger partial charge in [-0.15, -0.1) is 0 Å². The summed E-state index contributed by atoms with van der Waals surface area (Å²) in [7, 11) is 0. The lowest BCUT2D eigenvalue weighted by Gasteiger charge is -2.49. The number of rotatable bonds is 7. The number of benzene rings is 9. The standard InChI is InChI=1S/C68H54N6/c1-43-36-45-37-44(2)41-68(40-43,42-45)67-70-65(53-28-13-18-35-61(53)73-58-32-15-9-24-49(58)50-25-10-16-33-59(50)73)69-66(71-67)54-30-19-29-48(46-20-5-3-6-21-46)64(54)74-60-34-17-12-27-52(60)56-38-55-51-26-11-14-31-57(51)72(62(55)39-63(56)74)47-22-7-4-8-23-47/h3-35,38-39,43-45H,36-37,40-42H2,1-2H3/t43-,44+,45?,68?. The van der Waals surface area contributed by atoms with Gasteiger partial charge in [0.2, 0.25) is 0 Å². The van der Waals surface area contributed by atoms with Gasteiger partial charge >= 0.3 is 0 Å². The average molecular weight is 955 g/mol. The molecule has 2 aliphatic rings. The van der Waals surface area contributed by atoms with Gasteiger partial charge in [0.1, 0.15) is 5.82 Å². The summed E-state index contributed by atoms with van der Waals surface area (Å²) in [5.41, 5.74) is 14.2. The zero-order chi connectivity index (χ0) is 49.1. The van der Waals surface area contributed by atoms with E-state index in [9.17, 15) is 0 Å². The fourth-order valence-corrected chi connectivity index (χ4v) is 14.2. The Morgan fingerprint density at radius 2 is 0.851 bits per heavy atom. The molecule has 4 heterocycles. The molecule has 0 saturated heterocycles. The number of para-hydroxylation sites is 7. The highest BCUT2D eigenvalue weighted by molar-refractivity contribution is 6.19. The number of hydrogen-bond acceptors (Lipinski definition) is 3. The van der Waals surface area contributed by atoms with Crippen molar-refractivity contribution in [2.24, 2.45) is 17.8 Å². The van der Waals surface area contributed by atoms with Gasteiger partial charge in [-0.05, 0) is 122 Å². The number of hydrogen-bond donors (Lipinski definition) is 0. The van der Waals surface area contributed by atoms with Gasteiger partial charge < -0.3 is 13.7 Å². The molecule has 0 amide bonds. The van der Waals surface area contributed by atoms with E-state index in [1.165, 1.54) is 50.7 Å². The summed E-state index contributed by atoms with van der Waals surface area (Å²) in [6, 6.07) is 77.3. The summed E-state index contributed by atoms with van der Waals surface area (Å²) < 4.78 is 7.36. The molecular formula is C68H54N6. The SMILES string of the molecule is C[C@@H]1CC2C[C@H](C)CC(c3nc(-c4ccccc4-n4c5ccccc5c5ccccc54)nc(-c4cccc(-c5ccccc5)c4-n4c5ccccc5c5cc6c7ccccc7n(-c7ccccc7)c6cc54)n3)(C2)C1. The van der Waals surface area contributed by atoms with E-state index in [0.29, 0.717) is 29.4 Å². The van der Waals surface area contributed by atoms with Crippen molar-refractivity contribution in [3.63, 3.8) is 0 Å². The van der Waals surface area contributed by atoms with Crippen LogP contribution in [-0.4, -0.2) is 28.7 Å². The van der Waals surface area contributed by atoms with Crippen molar-refractivity contribution in [1.82, 2.24) is 28.7 Å². The van der Waals surface area contributed by atoms with Crippen molar-refractivity contribution < 1.29 is 0 Å². The van der Waals surface area contributed by atoms with Gasteiger partial charge in [-0.25, -0.2) is 15.0 Å². The maximum atomic E-state index is 5.88. The summed E-state index contributed by atoms with van der Waals surface area (Å²) in [5.74, 6) is 4.14. The Kier molecular flexibility index (Phi) is 9.72. The molecule has 0 radical (unpaired) electrons. The van der Waals surface area contributed by atoms with Crippen molar-refractivity contribution in [3.8, 4) is 51.0 Å². The molecule has 9 aromatic carbocycles. The quantitative estimate of drug-likeness (QED) is 0.160. The molecular weight excluding hydrogens is 901 g/mol. The predicted octanol–water partition coefficient (Wildman–Crippen LogP) is 17.3. The maximum Gasteiger partial charge on any atom is 0.165 e. The van der Waals surface area contributed by atoms with E-state index in [-0.39, 0.29) is 5.41 Å².